The van der Waals surface area contributed by atoms with E-state index < -0.39 is 17.0 Å². The van der Waals surface area contributed by atoms with Crippen molar-refractivity contribution in [3.8, 4) is 0 Å². The van der Waals surface area contributed by atoms with Crippen LogP contribution in [0.1, 0.15) is 34.1 Å². The molecular weight excluding hydrogens is 198 g/mol. The topological polar surface area (TPSA) is 86.6 Å². The number of hydrogen-bond donors (Lipinski definition) is 3. The van der Waals surface area contributed by atoms with E-state index in [4.69, 9.17) is 5.11 Å². The first-order valence-corrected chi connectivity index (χ1v) is 4.87. The van der Waals surface area contributed by atoms with E-state index >= 15 is 0 Å². The molecule has 0 radical (unpaired) electrons. The number of rotatable bonds is 5. The van der Waals surface area contributed by atoms with Gasteiger partial charge in [-0.2, -0.15) is 0 Å². The molecule has 0 bridgehead atoms. The average Bonchev–Trinajstić information content (AvgIpc) is 2.13. The van der Waals surface area contributed by atoms with Crippen LogP contribution in [0.15, 0.2) is 0 Å². The van der Waals surface area contributed by atoms with Gasteiger partial charge in [0.1, 0.15) is 0 Å². The Morgan fingerprint density at radius 3 is 2.07 bits per heavy atom. The van der Waals surface area contributed by atoms with Gasteiger partial charge in [0.05, 0.1) is 6.54 Å². The molecule has 15 heavy (non-hydrogen) atoms. The van der Waals surface area contributed by atoms with Crippen molar-refractivity contribution in [2.45, 2.75) is 39.7 Å². The Morgan fingerprint density at radius 1 is 1.27 bits per heavy atom. The summed E-state index contributed by atoms with van der Waals surface area (Å²) in [6, 6.07) is 0. The molecule has 0 fully saturated rings. The van der Waals surface area contributed by atoms with Crippen LogP contribution in [0, 0.1) is 5.41 Å². The number of carboxylic acid groups (broad SMARTS) is 1. The standard InChI is InChI=1S/C10H19NO4/c1-5-9(2,3)7(12)11-6-10(4,15)8(13)14/h15H,5-6H2,1-4H3,(H,11,12)(H,13,14). The maximum absolute atomic E-state index is 11.5. The largest absolute Gasteiger partial charge is 0.479 e. The summed E-state index contributed by atoms with van der Waals surface area (Å²) in [4.78, 5) is 22.1. The van der Waals surface area contributed by atoms with Gasteiger partial charge in [-0.15, -0.1) is 0 Å². The zero-order valence-corrected chi connectivity index (χ0v) is 9.63. The lowest BCUT2D eigenvalue weighted by Crippen LogP contribution is -2.49. The second kappa shape index (κ2) is 4.61. The highest BCUT2D eigenvalue weighted by atomic mass is 16.4. The van der Waals surface area contributed by atoms with E-state index in [2.05, 4.69) is 5.32 Å². The molecule has 1 unspecified atom stereocenters. The van der Waals surface area contributed by atoms with Crippen molar-refractivity contribution < 1.29 is 19.8 Å². The number of carboxylic acids is 1. The zero-order chi connectivity index (χ0) is 12.3. The molecule has 0 saturated heterocycles. The average molecular weight is 217 g/mol. The Kier molecular flexibility index (Phi) is 4.27. The lowest BCUT2D eigenvalue weighted by Gasteiger charge is -2.24. The van der Waals surface area contributed by atoms with E-state index in [1.54, 1.807) is 13.8 Å². The van der Waals surface area contributed by atoms with Gasteiger partial charge in [-0.1, -0.05) is 20.8 Å². The van der Waals surface area contributed by atoms with Crippen molar-refractivity contribution >= 4 is 11.9 Å². The molecule has 3 N–H and O–H groups in total. The quantitative estimate of drug-likeness (QED) is 0.621. The number of carbonyl (C=O) groups excluding carboxylic acids is 1. The fourth-order valence-corrected chi connectivity index (χ4v) is 0.728. The summed E-state index contributed by atoms with van der Waals surface area (Å²) in [6.45, 7) is 6.25. The van der Waals surface area contributed by atoms with Crippen LogP contribution in [0.5, 0.6) is 0 Å². The van der Waals surface area contributed by atoms with Crippen LogP contribution in [0.4, 0.5) is 0 Å². The van der Waals surface area contributed by atoms with Crippen molar-refractivity contribution in [2.75, 3.05) is 6.54 Å². The minimum absolute atomic E-state index is 0.258. The zero-order valence-electron chi connectivity index (χ0n) is 9.63. The van der Waals surface area contributed by atoms with Crippen LogP contribution < -0.4 is 5.32 Å². The van der Waals surface area contributed by atoms with Crippen molar-refractivity contribution in [1.29, 1.82) is 0 Å². The smallest absolute Gasteiger partial charge is 0.337 e. The minimum Gasteiger partial charge on any atom is -0.479 e. The molecule has 0 aromatic carbocycles. The molecule has 88 valence electrons. The Bertz CT molecular complexity index is 258. The molecule has 0 spiro atoms. The SMILES string of the molecule is CCC(C)(C)C(=O)NCC(C)(O)C(=O)O. The summed E-state index contributed by atoms with van der Waals surface area (Å²) in [5, 5.41) is 20.4. The van der Waals surface area contributed by atoms with Crippen molar-refractivity contribution in [2.24, 2.45) is 5.41 Å². The summed E-state index contributed by atoms with van der Waals surface area (Å²) in [7, 11) is 0. The minimum atomic E-state index is -1.92. The number of aliphatic hydroxyl groups is 1. The summed E-state index contributed by atoms with van der Waals surface area (Å²) in [6.07, 6.45) is 0.647. The normalized spacial score (nSPS) is 15.5. The van der Waals surface area contributed by atoms with Gasteiger partial charge in [0.15, 0.2) is 5.60 Å². The fraction of sp³-hybridized carbons (Fsp3) is 0.800. The van der Waals surface area contributed by atoms with Crippen molar-refractivity contribution in [3.05, 3.63) is 0 Å². The molecule has 0 aliphatic heterocycles. The molecule has 0 aliphatic rings. The molecule has 0 rings (SSSR count). The Hall–Kier alpha value is -1.10. The number of carbonyl (C=O) groups is 2. The van der Waals surface area contributed by atoms with Crippen LogP contribution >= 0.6 is 0 Å². The van der Waals surface area contributed by atoms with Gasteiger partial charge >= 0.3 is 5.97 Å². The first-order valence-electron chi connectivity index (χ1n) is 4.87. The van der Waals surface area contributed by atoms with E-state index in [1.165, 1.54) is 0 Å². The van der Waals surface area contributed by atoms with Gasteiger partial charge < -0.3 is 15.5 Å². The van der Waals surface area contributed by atoms with E-state index in [-0.39, 0.29) is 12.5 Å². The predicted molar refractivity (Wildman–Crippen MR) is 55.3 cm³/mol. The van der Waals surface area contributed by atoms with Gasteiger partial charge in [0, 0.05) is 5.41 Å². The van der Waals surface area contributed by atoms with Crippen molar-refractivity contribution in [3.63, 3.8) is 0 Å². The van der Waals surface area contributed by atoms with Crippen molar-refractivity contribution in [1.82, 2.24) is 5.32 Å². The predicted octanol–water partition coefficient (Wildman–Crippen LogP) is 0.374. The molecule has 0 aliphatic carbocycles. The monoisotopic (exact) mass is 217 g/mol. The Labute approximate surface area is 89.5 Å². The molecule has 0 heterocycles. The van der Waals surface area contributed by atoms with Gasteiger partial charge in [0.25, 0.3) is 0 Å². The maximum Gasteiger partial charge on any atom is 0.337 e. The number of amides is 1. The Morgan fingerprint density at radius 2 is 1.73 bits per heavy atom. The summed E-state index contributed by atoms with van der Waals surface area (Å²) < 4.78 is 0. The molecule has 0 aromatic rings. The van der Waals surface area contributed by atoms with Crippen LogP contribution in [-0.2, 0) is 9.59 Å². The lowest BCUT2D eigenvalue weighted by molar-refractivity contribution is -0.156. The van der Waals surface area contributed by atoms with Crippen LogP contribution in [0.2, 0.25) is 0 Å². The highest BCUT2D eigenvalue weighted by Gasteiger charge is 2.33. The van der Waals surface area contributed by atoms with Gasteiger partial charge in [-0.3, -0.25) is 4.79 Å². The number of nitrogens with one attached hydrogen (secondary N) is 1. The Balaban J connectivity index is 4.30. The lowest BCUT2D eigenvalue weighted by atomic mass is 9.89. The van der Waals surface area contributed by atoms with Gasteiger partial charge in [0.2, 0.25) is 5.91 Å². The van der Waals surface area contributed by atoms with E-state index in [9.17, 15) is 14.7 Å². The third-order valence-electron chi connectivity index (χ3n) is 2.55. The van der Waals surface area contributed by atoms with Gasteiger partial charge in [-0.25, -0.2) is 4.79 Å². The highest BCUT2D eigenvalue weighted by Crippen LogP contribution is 2.19. The molecule has 1 amide bonds. The molecule has 1 atom stereocenters. The van der Waals surface area contributed by atoms with E-state index in [0.717, 1.165) is 6.92 Å². The molecule has 0 saturated carbocycles. The molecule has 0 aromatic heterocycles. The molecular formula is C10H19NO4. The second-order valence-corrected chi connectivity index (χ2v) is 4.50. The first-order chi connectivity index (χ1) is 6.63. The van der Waals surface area contributed by atoms with Crippen LogP contribution in [0.3, 0.4) is 0 Å². The first kappa shape index (κ1) is 13.9. The maximum atomic E-state index is 11.5. The molecule has 5 heteroatoms. The third-order valence-corrected chi connectivity index (χ3v) is 2.55. The van der Waals surface area contributed by atoms with Crippen LogP contribution in [0.25, 0.3) is 0 Å². The fourth-order valence-electron chi connectivity index (χ4n) is 0.728. The summed E-state index contributed by atoms with van der Waals surface area (Å²) >= 11 is 0. The van der Waals surface area contributed by atoms with E-state index in [0.29, 0.717) is 6.42 Å². The van der Waals surface area contributed by atoms with Gasteiger partial charge in [-0.05, 0) is 13.3 Å². The summed E-state index contributed by atoms with van der Waals surface area (Å²) in [5.41, 5.74) is -2.46. The van der Waals surface area contributed by atoms with Crippen LogP contribution in [-0.4, -0.2) is 34.2 Å². The molecule has 5 nitrogen and oxygen atoms in total. The third kappa shape index (κ3) is 3.87. The number of hydrogen-bond acceptors (Lipinski definition) is 3. The second-order valence-electron chi connectivity index (χ2n) is 4.50. The van der Waals surface area contributed by atoms with E-state index in [1.807, 2.05) is 6.92 Å². The highest BCUT2D eigenvalue weighted by molar-refractivity contribution is 5.83. The summed E-state index contributed by atoms with van der Waals surface area (Å²) in [5.74, 6) is -1.61. The number of aliphatic carboxylic acids is 1.